The molecule has 1 rings (SSSR count). The van der Waals surface area contributed by atoms with E-state index in [0.717, 1.165) is 38.5 Å². The van der Waals surface area contributed by atoms with Gasteiger partial charge >= 0.3 is 11.9 Å². The molecule has 4 N–H and O–H groups in total. The van der Waals surface area contributed by atoms with Gasteiger partial charge in [0.25, 0.3) is 10.1 Å². The number of rotatable bonds is 42. The number of aliphatic hydroxyl groups excluding tert-OH is 3. The van der Waals surface area contributed by atoms with Crippen LogP contribution in [0, 0.1) is 0 Å². The van der Waals surface area contributed by atoms with Crippen LogP contribution in [0.2, 0.25) is 0 Å². The van der Waals surface area contributed by atoms with Gasteiger partial charge in [-0.2, -0.15) is 8.42 Å². The van der Waals surface area contributed by atoms with Crippen molar-refractivity contribution < 1.29 is 56.8 Å². The highest BCUT2D eigenvalue weighted by Crippen LogP contribution is 2.24. The molecule has 12 nitrogen and oxygen atoms in total. The highest BCUT2D eigenvalue weighted by Gasteiger charge is 2.46. The minimum atomic E-state index is -4.60. The van der Waals surface area contributed by atoms with Gasteiger partial charge in [0.1, 0.15) is 36.8 Å². The van der Waals surface area contributed by atoms with Crippen LogP contribution in [0.5, 0.6) is 0 Å². The molecule has 0 aromatic rings. The molecule has 61 heavy (non-hydrogen) atoms. The zero-order valence-corrected chi connectivity index (χ0v) is 39.4. The average molecular weight is 891 g/mol. The fourth-order valence-electron chi connectivity index (χ4n) is 7.73. The fourth-order valence-corrected chi connectivity index (χ4v) is 8.42. The Labute approximate surface area is 371 Å². The molecule has 360 valence electrons. The lowest BCUT2D eigenvalue weighted by Crippen LogP contribution is -2.60. The molecule has 0 spiro atoms. The molecule has 13 heteroatoms. The summed E-state index contributed by atoms with van der Waals surface area (Å²) in [6.07, 6.45) is 32.5. The SMILES string of the molecule is CCCCCCCC/C=C/CCCCCCCCCCCC(=O)OC[C@H](CO[C@H]1O[C@H](CS(=O)(=O)O)[C@@H](O)C(O)C1O)OC(=O)CCCCCCCCCCCCCCCC. The number of hydrogen-bond acceptors (Lipinski definition) is 11. The third kappa shape index (κ3) is 33.6. The summed E-state index contributed by atoms with van der Waals surface area (Å²) in [7, 11) is -4.60. The smallest absolute Gasteiger partial charge is 0.306 e. The third-order valence-electron chi connectivity index (χ3n) is 11.6. The average Bonchev–Trinajstić information content (AvgIpc) is 3.22. The number of ether oxygens (including phenoxy) is 4. The van der Waals surface area contributed by atoms with Gasteiger partial charge in [-0.3, -0.25) is 14.1 Å². The lowest BCUT2D eigenvalue weighted by molar-refractivity contribution is -0.297. The molecular formula is C48H90O12S. The fraction of sp³-hybridized carbons (Fsp3) is 0.917. The molecule has 6 atom stereocenters. The Morgan fingerprint density at radius 2 is 0.934 bits per heavy atom. The maximum absolute atomic E-state index is 12.8. The molecule has 0 aromatic carbocycles. The molecule has 1 heterocycles. The Bertz CT molecular complexity index is 1180. The van der Waals surface area contributed by atoms with Crippen LogP contribution in [0.4, 0.5) is 0 Å². The van der Waals surface area contributed by atoms with Crippen molar-refractivity contribution in [3.8, 4) is 0 Å². The lowest BCUT2D eigenvalue weighted by Gasteiger charge is -2.40. The van der Waals surface area contributed by atoms with E-state index in [1.165, 1.54) is 148 Å². The van der Waals surface area contributed by atoms with Gasteiger partial charge in [0, 0.05) is 12.8 Å². The zero-order chi connectivity index (χ0) is 44.8. The number of carbonyl (C=O) groups excluding carboxylic acids is 2. The van der Waals surface area contributed by atoms with Crippen molar-refractivity contribution in [3.63, 3.8) is 0 Å². The number of allylic oxidation sites excluding steroid dienone is 2. The van der Waals surface area contributed by atoms with Gasteiger partial charge in [-0.25, -0.2) is 0 Å². The quantitative estimate of drug-likeness (QED) is 0.0197. The topological polar surface area (TPSA) is 186 Å². The van der Waals surface area contributed by atoms with Crippen molar-refractivity contribution in [3.05, 3.63) is 12.2 Å². The van der Waals surface area contributed by atoms with E-state index in [1.807, 2.05) is 0 Å². The second kappa shape index (κ2) is 38.8. The summed E-state index contributed by atoms with van der Waals surface area (Å²) in [6, 6.07) is 0. The van der Waals surface area contributed by atoms with Crippen molar-refractivity contribution >= 4 is 22.1 Å². The maximum atomic E-state index is 12.8. The summed E-state index contributed by atoms with van der Waals surface area (Å²) >= 11 is 0. The summed E-state index contributed by atoms with van der Waals surface area (Å²) in [4.78, 5) is 25.5. The van der Waals surface area contributed by atoms with Gasteiger partial charge in [-0.1, -0.05) is 187 Å². The predicted octanol–water partition coefficient (Wildman–Crippen LogP) is 10.6. The number of esters is 2. The van der Waals surface area contributed by atoms with E-state index in [0.29, 0.717) is 12.8 Å². The van der Waals surface area contributed by atoms with E-state index in [4.69, 9.17) is 18.9 Å². The van der Waals surface area contributed by atoms with Gasteiger partial charge in [0.2, 0.25) is 0 Å². The molecule has 0 saturated carbocycles. The molecule has 1 aliphatic heterocycles. The minimum absolute atomic E-state index is 0.170. The number of aliphatic hydroxyl groups is 3. The molecule has 0 aliphatic carbocycles. The van der Waals surface area contributed by atoms with Crippen LogP contribution in [-0.2, 0) is 38.7 Å². The molecule has 0 radical (unpaired) electrons. The van der Waals surface area contributed by atoms with Crippen LogP contribution in [0.3, 0.4) is 0 Å². The Balaban J connectivity index is 2.38. The molecular weight excluding hydrogens is 801 g/mol. The lowest BCUT2D eigenvalue weighted by atomic mass is 10.00. The largest absolute Gasteiger partial charge is 0.462 e. The van der Waals surface area contributed by atoms with E-state index < -0.39 is 71.2 Å². The van der Waals surface area contributed by atoms with Gasteiger partial charge in [0.05, 0.1) is 6.61 Å². The van der Waals surface area contributed by atoms with Crippen LogP contribution >= 0.6 is 0 Å². The third-order valence-corrected chi connectivity index (χ3v) is 12.3. The Kier molecular flexibility index (Phi) is 36.5. The van der Waals surface area contributed by atoms with Crippen LogP contribution in [0.1, 0.15) is 226 Å². The first-order chi connectivity index (χ1) is 29.5. The van der Waals surface area contributed by atoms with E-state index in [2.05, 4.69) is 26.0 Å². The van der Waals surface area contributed by atoms with E-state index in [-0.39, 0.29) is 19.4 Å². The molecule has 0 bridgehead atoms. The molecule has 1 aliphatic rings. The summed E-state index contributed by atoms with van der Waals surface area (Å²) in [6.45, 7) is 3.78. The Morgan fingerprint density at radius 3 is 1.36 bits per heavy atom. The number of carbonyl (C=O) groups is 2. The second-order valence-corrected chi connectivity index (χ2v) is 19.0. The summed E-state index contributed by atoms with van der Waals surface area (Å²) in [5.41, 5.74) is 0. The van der Waals surface area contributed by atoms with Crippen LogP contribution in [0.15, 0.2) is 12.2 Å². The first kappa shape index (κ1) is 57.4. The van der Waals surface area contributed by atoms with Crippen LogP contribution in [-0.4, -0.2) is 96.0 Å². The summed E-state index contributed by atoms with van der Waals surface area (Å²) in [5.74, 6) is -1.97. The first-order valence-corrected chi connectivity index (χ1v) is 26.4. The monoisotopic (exact) mass is 891 g/mol. The number of unbranched alkanes of at least 4 members (excludes halogenated alkanes) is 28. The highest BCUT2D eigenvalue weighted by atomic mass is 32.2. The van der Waals surface area contributed by atoms with Crippen molar-refractivity contribution in [2.24, 2.45) is 0 Å². The zero-order valence-electron chi connectivity index (χ0n) is 38.5. The van der Waals surface area contributed by atoms with Crippen molar-refractivity contribution in [1.29, 1.82) is 0 Å². The molecule has 0 amide bonds. The highest BCUT2D eigenvalue weighted by molar-refractivity contribution is 7.85. The van der Waals surface area contributed by atoms with Crippen molar-refractivity contribution in [2.75, 3.05) is 19.0 Å². The molecule has 0 aromatic heterocycles. The molecule has 2 unspecified atom stereocenters. The van der Waals surface area contributed by atoms with Crippen molar-refractivity contribution in [2.45, 2.75) is 263 Å². The van der Waals surface area contributed by atoms with Crippen LogP contribution in [0.25, 0.3) is 0 Å². The van der Waals surface area contributed by atoms with Gasteiger partial charge in [-0.05, 0) is 38.5 Å². The van der Waals surface area contributed by atoms with Gasteiger partial charge < -0.3 is 34.3 Å². The standard InChI is InChI=1S/C48H90O12S/c1-3-5-7-9-11-13-15-17-19-20-21-22-23-25-26-28-30-32-34-36-43(49)57-38-41(39-58-48-47(53)46(52)45(51)42(60-48)40-61(54,55)56)59-44(50)37-35-33-31-29-27-24-18-16-14-12-10-8-6-4-2/h17,19,41-42,45-48,51-53H,3-16,18,20-40H2,1-2H3,(H,54,55,56)/b19-17+/t41-,42-,45-,46?,47?,48+/m1/s1. The van der Waals surface area contributed by atoms with Gasteiger partial charge in [0.15, 0.2) is 12.4 Å². The van der Waals surface area contributed by atoms with E-state index in [9.17, 15) is 37.9 Å². The minimum Gasteiger partial charge on any atom is -0.462 e. The maximum Gasteiger partial charge on any atom is 0.306 e. The summed E-state index contributed by atoms with van der Waals surface area (Å²) in [5, 5.41) is 30.9. The normalized spacial score (nSPS) is 20.0. The number of hydrogen-bond donors (Lipinski definition) is 4. The molecule has 1 saturated heterocycles. The Hall–Kier alpha value is -1.61. The first-order valence-electron chi connectivity index (χ1n) is 24.7. The van der Waals surface area contributed by atoms with Gasteiger partial charge in [-0.15, -0.1) is 0 Å². The van der Waals surface area contributed by atoms with Crippen LogP contribution < -0.4 is 0 Å². The Morgan fingerprint density at radius 1 is 0.541 bits per heavy atom. The van der Waals surface area contributed by atoms with Crippen molar-refractivity contribution in [1.82, 2.24) is 0 Å². The van der Waals surface area contributed by atoms with E-state index >= 15 is 0 Å². The summed E-state index contributed by atoms with van der Waals surface area (Å²) < 4.78 is 54.2. The predicted molar refractivity (Wildman–Crippen MR) is 243 cm³/mol. The second-order valence-electron chi connectivity index (χ2n) is 17.5. The van der Waals surface area contributed by atoms with E-state index in [1.54, 1.807) is 0 Å². The molecule has 1 fully saturated rings.